The summed E-state index contributed by atoms with van der Waals surface area (Å²) in [5.74, 6) is 0.933. The molecule has 2 aromatic carbocycles. The molecular formula is C25H22Cl2F3N5OS. The monoisotopic (exact) mass is 567 g/mol. The van der Waals surface area contributed by atoms with E-state index in [9.17, 15) is 13.2 Å². The molecule has 37 heavy (non-hydrogen) atoms. The highest BCUT2D eigenvalue weighted by molar-refractivity contribution is 7.18. The number of ether oxygens (including phenoxy) is 1. The second-order valence-electron chi connectivity index (χ2n) is 8.66. The van der Waals surface area contributed by atoms with Crippen LogP contribution < -0.4 is 10.2 Å². The van der Waals surface area contributed by atoms with Gasteiger partial charge in [-0.25, -0.2) is 4.98 Å². The Morgan fingerprint density at radius 3 is 2.49 bits per heavy atom. The van der Waals surface area contributed by atoms with Gasteiger partial charge in [-0.05, 0) is 54.8 Å². The van der Waals surface area contributed by atoms with Crippen molar-refractivity contribution in [2.24, 2.45) is 0 Å². The predicted molar refractivity (Wildman–Crippen MR) is 141 cm³/mol. The van der Waals surface area contributed by atoms with Crippen molar-refractivity contribution in [2.45, 2.75) is 31.5 Å². The Hall–Kier alpha value is -2.66. The molecule has 0 saturated carbocycles. The Balaban J connectivity index is 1.55. The molecule has 1 saturated heterocycles. The van der Waals surface area contributed by atoms with Gasteiger partial charge in [-0.15, -0.1) is 0 Å². The van der Waals surface area contributed by atoms with Crippen molar-refractivity contribution in [1.29, 1.82) is 0 Å². The topological polar surface area (TPSA) is 63.2 Å². The number of fused-ring (bicyclic) bond motifs is 1. The molecule has 6 nitrogen and oxygen atoms in total. The minimum atomic E-state index is -4.41. The Morgan fingerprint density at radius 1 is 1.08 bits per heavy atom. The van der Waals surface area contributed by atoms with Crippen LogP contribution in [0.25, 0.3) is 10.3 Å². The third-order valence-corrected chi connectivity index (χ3v) is 7.81. The normalized spacial score (nSPS) is 16.1. The van der Waals surface area contributed by atoms with Crippen LogP contribution in [0.3, 0.4) is 0 Å². The number of hydrogen-bond acceptors (Lipinski definition) is 7. The Labute approximate surface area is 225 Å². The smallest absolute Gasteiger partial charge is 0.383 e. The van der Waals surface area contributed by atoms with Crippen molar-refractivity contribution in [3.63, 3.8) is 0 Å². The number of nitrogens with one attached hydrogen (secondary N) is 1. The van der Waals surface area contributed by atoms with E-state index >= 15 is 0 Å². The zero-order valence-electron chi connectivity index (χ0n) is 19.6. The summed E-state index contributed by atoms with van der Waals surface area (Å²) in [5, 5.41) is 4.98. The second kappa shape index (κ2) is 10.6. The summed E-state index contributed by atoms with van der Waals surface area (Å²) in [5.41, 5.74) is 1.01. The fourth-order valence-electron chi connectivity index (χ4n) is 4.34. The van der Waals surface area contributed by atoms with E-state index in [0.717, 1.165) is 42.1 Å². The van der Waals surface area contributed by atoms with Crippen molar-refractivity contribution in [3.05, 3.63) is 68.6 Å². The molecule has 0 radical (unpaired) electrons. The number of aromatic nitrogens is 3. The van der Waals surface area contributed by atoms with E-state index in [0.29, 0.717) is 50.9 Å². The van der Waals surface area contributed by atoms with Crippen LogP contribution in [-0.4, -0.2) is 41.3 Å². The molecule has 0 bridgehead atoms. The van der Waals surface area contributed by atoms with Crippen LogP contribution in [0.5, 0.6) is 0 Å². The fraction of sp³-hybridized carbons (Fsp3) is 0.320. The van der Waals surface area contributed by atoms with Gasteiger partial charge in [0, 0.05) is 35.8 Å². The van der Waals surface area contributed by atoms with Gasteiger partial charge in [0.2, 0.25) is 5.95 Å². The molecule has 2 aromatic heterocycles. The Morgan fingerprint density at radius 2 is 1.81 bits per heavy atom. The summed E-state index contributed by atoms with van der Waals surface area (Å²) in [4.78, 5) is 17.1. The van der Waals surface area contributed by atoms with E-state index in [4.69, 9.17) is 42.9 Å². The standard InChI is InChI=1S/C25H22Cl2F3N5OS/c1-36-13-16-4-3-11-35(16)24-33-22(31-15-9-7-14(8-10-15)25(28,29)30)21-23(34-24)37-20(32-21)12-17-18(26)5-2-6-19(17)27/h2,5-10,16H,3-4,11-13H2,1H3,(H,31,33,34)/t16-/m0/s1. The molecule has 0 aliphatic carbocycles. The molecule has 5 rings (SSSR count). The molecule has 4 aromatic rings. The van der Waals surface area contributed by atoms with Gasteiger partial charge < -0.3 is 15.0 Å². The lowest BCUT2D eigenvalue weighted by molar-refractivity contribution is -0.137. The van der Waals surface area contributed by atoms with Crippen molar-refractivity contribution < 1.29 is 17.9 Å². The third kappa shape index (κ3) is 5.62. The number of alkyl halides is 3. The summed E-state index contributed by atoms with van der Waals surface area (Å²) < 4.78 is 44.5. The van der Waals surface area contributed by atoms with E-state index in [1.807, 2.05) is 0 Å². The summed E-state index contributed by atoms with van der Waals surface area (Å²) in [6, 6.07) is 10.3. The van der Waals surface area contributed by atoms with Crippen LogP contribution in [0.1, 0.15) is 29.0 Å². The lowest BCUT2D eigenvalue weighted by Crippen LogP contribution is -2.34. The van der Waals surface area contributed by atoms with Crippen LogP contribution in [0.15, 0.2) is 42.5 Å². The number of rotatable bonds is 7. The van der Waals surface area contributed by atoms with Crippen LogP contribution in [0, 0.1) is 0 Å². The lowest BCUT2D eigenvalue weighted by atomic mass is 10.1. The van der Waals surface area contributed by atoms with Crippen molar-refractivity contribution >= 4 is 62.3 Å². The SMILES string of the molecule is COC[C@@H]1CCCN1c1nc(Nc2ccc(C(F)(F)F)cc2)c2nc(Cc3c(Cl)cccc3Cl)sc2n1. The molecule has 0 unspecified atom stereocenters. The highest BCUT2D eigenvalue weighted by atomic mass is 35.5. The number of methoxy groups -OCH3 is 1. The van der Waals surface area contributed by atoms with Gasteiger partial charge in [-0.2, -0.15) is 23.1 Å². The number of nitrogens with zero attached hydrogens (tertiary/aromatic N) is 4. The van der Waals surface area contributed by atoms with Gasteiger partial charge in [0.15, 0.2) is 10.6 Å². The second-order valence-corrected chi connectivity index (χ2v) is 10.5. The van der Waals surface area contributed by atoms with E-state index in [1.54, 1.807) is 25.3 Å². The number of hydrogen-bond donors (Lipinski definition) is 1. The lowest BCUT2D eigenvalue weighted by Gasteiger charge is -2.24. The summed E-state index contributed by atoms with van der Waals surface area (Å²) in [6.07, 6.45) is -2.07. The Kier molecular flexibility index (Phi) is 7.44. The molecule has 1 atom stereocenters. The number of anilines is 3. The molecule has 3 heterocycles. The summed E-state index contributed by atoms with van der Waals surface area (Å²) >= 11 is 14.1. The van der Waals surface area contributed by atoms with E-state index < -0.39 is 11.7 Å². The summed E-state index contributed by atoms with van der Waals surface area (Å²) in [7, 11) is 1.66. The fourth-order valence-corrected chi connectivity index (χ4v) is 5.82. The van der Waals surface area contributed by atoms with E-state index in [-0.39, 0.29) is 6.04 Å². The maximum Gasteiger partial charge on any atom is 0.416 e. The third-order valence-electron chi connectivity index (χ3n) is 6.15. The first-order valence-corrected chi connectivity index (χ1v) is 13.1. The molecule has 0 amide bonds. The molecule has 1 aliphatic heterocycles. The number of benzene rings is 2. The first-order valence-electron chi connectivity index (χ1n) is 11.5. The van der Waals surface area contributed by atoms with Crippen LogP contribution >= 0.6 is 34.5 Å². The molecule has 1 fully saturated rings. The summed E-state index contributed by atoms with van der Waals surface area (Å²) in [6.45, 7) is 1.32. The largest absolute Gasteiger partial charge is 0.416 e. The maximum absolute atomic E-state index is 13.0. The first kappa shape index (κ1) is 26.0. The van der Waals surface area contributed by atoms with Crippen molar-refractivity contribution in [1.82, 2.24) is 15.0 Å². The molecule has 194 valence electrons. The minimum absolute atomic E-state index is 0.135. The van der Waals surface area contributed by atoms with Gasteiger partial charge in [0.25, 0.3) is 0 Å². The Bertz CT molecular complexity index is 1390. The van der Waals surface area contributed by atoms with E-state index in [2.05, 4.69) is 10.2 Å². The highest BCUT2D eigenvalue weighted by Crippen LogP contribution is 2.35. The maximum atomic E-state index is 13.0. The average molecular weight is 568 g/mol. The van der Waals surface area contributed by atoms with Gasteiger partial charge in [0.1, 0.15) is 10.5 Å². The molecule has 12 heteroatoms. The van der Waals surface area contributed by atoms with Crippen LogP contribution in [-0.2, 0) is 17.3 Å². The zero-order valence-corrected chi connectivity index (χ0v) is 22.0. The molecular weight excluding hydrogens is 546 g/mol. The predicted octanol–water partition coefficient (Wildman–Crippen LogP) is 7.36. The van der Waals surface area contributed by atoms with Crippen molar-refractivity contribution in [2.75, 3.05) is 30.5 Å². The number of halogens is 5. The minimum Gasteiger partial charge on any atom is -0.383 e. The first-order chi connectivity index (χ1) is 17.7. The van der Waals surface area contributed by atoms with Gasteiger partial charge in [0.05, 0.1) is 18.2 Å². The van der Waals surface area contributed by atoms with E-state index in [1.165, 1.54) is 23.5 Å². The number of thiazole rings is 1. The van der Waals surface area contributed by atoms with Gasteiger partial charge in [-0.3, -0.25) is 0 Å². The van der Waals surface area contributed by atoms with Gasteiger partial charge >= 0.3 is 6.18 Å². The highest BCUT2D eigenvalue weighted by Gasteiger charge is 2.30. The molecule has 1 aliphatic rings. The van der Waals surface area contributed by atoms with Crippen molar-refractivity contribution in [3.8, 4) is 0 Å². The average Bonchev–Trinajstić information content (AvgIpc) is 3.48. The molecule has 1 N–H and O–H groups in total. The van der Waals surface area contributed by atoms with Crippen LogP contribution in [0.4, 0.5) is 30.6 Å². The molecule has 0 spiro atoms. The van der Waals surface area contributed by atoms with Gasteiger partial charge in [-0.1, -0.05) is 40.6 Å². The quantitative estimate of drug-likeness (QED) is 0.251. The van der Waals surface area contributed by atoms with Crippen LogP contribution in [0.2, 0.25) is 10.0 Å². The zero-order chi connectivity index (χ0) is 26.2.